The fraction of sp³-hybridized carbons (Fsp3) is 0.421. The van der Waals surface area contributed by atoms with Crippen LogP contribution in [0.3, 0.4) is 0 Å². The zero-order valence-corrected chi connectivity index (χ0v) is 17.8. The van der Waals surface area contributed by atoms with Gasteiger partial charge in [-0.25, -0.2) is 22.7 Å². The first-order valence-electron chi connectivity index (χ1n) is 9.14. The van der Waals surface area contributed by atoms with Crippen LogP contribution in [0.4, 0.5) is 0 Å². The third-order valence-corrected chi connectivity index (χ3v) is 5.97. The molecule has 1 heterocycles. The van der Waals surface area contributed by atoms with Crippen molar-refractivity contribution in [1.29, 1.82) is 0 Å². The predicted octanol–water partition coefficient (Wildman–Crippen LogP) is 0.835. The molecule has 0 bridgehead atoms. The number of aromatic amines is 1. The van der Waals surface area contributed by atoms with Crippen LogP contribution in [-0.4, -0.2) is 43.2 Å². The predicted molar refractivity (Wildman–Crippen MR) is 109 cm³/mol. The average molecular weight is 439 g/mol. The van der Waals surface area contributed by atoms with Crippen molar-refractivity contribution in [3.63, 3.8) is 0 Å². The molecule has 2 rings (SSSR count). The molecule has 0 aliphatic heterocycles. The molecule has 0 aliphatic carbocycles. The van der Waals surface area contributed by atoms with E-state index in [1.165, 1.54) is 42.1 Å². The van der Waals surface area contributed by atoms with Gasteiger partial charge in [-0.05, 0) is 38.8 Å². The van der Waals surface area contributed by atoms with Gasteiger partial charge in [0.2, 0.25) is 10.0 Å². The molecule has 0 saturated heterocycles. The Balaban J connectivity index is 1.94. The third-order valence-electron chi connectivity index (χ3n) is 4.21. The maximum atomic E-state index is 12.8. The van der Waals surface area contributed by atoms with Gasteiger partial charge in [0, 0.05) is 24.4 Å². The second-order valence-electron chi connectivity index (χ2n) is 7.20. The highest BCUT2D eigenvalue weighted by molar-refractivity contribution is 7.89. The van der Waals surface area contributed by atoms with Crippen LogP contribution in [0.5, 0.6) is 0 Å². The van der Waals surface area contributed by atoms with Crippen molar-refractivity contribution in [3.05, 3.63) is 62.9 Å². The maximum Gasteiger partial charge on any atom is 0.339 e. The lowest BCUT2D eigenvalue weighted by atomic mass is 10.0. The van der Waals surface area contributed by atoms with Crippen LogP contribution in [0.2, 0.25) is 0 Å². The van der Waals surface area contributed by atoms with Gasteiger partial charge in [-0.1, -0.05) is 12.1 Å². The molecule has 1 aromatic heterocycles. The van der Waals surface area contributed by atoms with Gasteiger partial charge in [-0.15, -0.1) is 0 Å². The Labute approximate surface area is 173 Å². The lowest BCUT2D eigenvalue weighted by molar-refractivity contribution is 0.0596. The summed E-state index contributed by atoms with van der Waals surface area (Å²) >= 11 is 0. The van der Waals surface area contributed by atoms with Crippen molar-refractivity contribution in [3.8, 4) is 0 Å². The van der Waals surface area contributed by atoms with Crippen LogP contribution in [0.25, 0.3) is 0 Å². The number of hydrogen-bond donors (Lipinski definition) is 2. The SMILES string of the molecule is COC(=O)c1ccccc1S(=O)(=O)NC(C)(C)CCCOCn1ccc(=O)[nH]c1=O. The summed E-state index contributed by atoms with van der Waals surface area (Å²) in [5.41, 5.74) is -1.92. The number of benzene rings is 1. The Kier molecular flexibility index (Phi) is 7.71. The molecular weight excluding hydrogens is 414 g/mol. The van der Waals surface area contributed by atoms with Crippen molar-refractivity contribution in [2.75, 3.05) is 13.7 Å². The summed E-state index contributed by atoms with van der Waals surface area (Å²) in [6.07, 6.45) is 2.28. The largest absolute Gasteiger partial charge is 0.465 e. The van der Waals surface area contributed by atoms with E-state index in [4.69, 9.17) is 4.74 Å². The van der Waals surface area contributed by atoms with Gasteiger partial charge < -0.3 is 9.47 Å². The Hall–Kier alpha value is -2.76. The zero-order valence-electron chi connectivity index (χ0n) is 17.0. The Bertz CT molecular complexity index is 1100. The van der Waals surface area contributed by atoms with E-state index in [-0.39, 0.29) is 23.8 Å². The molecule has 30 heavy (non-hydrogen) atoms. The fourth-order valence-electron chi connectivity index (χ4n) is 2.77. The number of methoxy groups -OCH3 is 1. The number of nitrogens with one attached hydrogen (secondary N) is 2. The van der Waals surface area contributed by atoms with Gasteiger partial charge in [0.15, 0.2) is 0 Å². The van der Waals surface area contributed by atoms with Gasteiger partial charge in [0.05, 0.1) is 17.6 Å². The van der Waals surface area contributed by atoms with E-state index >= 15 is 0 Å². The zero-order chi connectivity index (χ0) is 22.4. The van der Waals surface area contributed by atoms with E-state index in [0.717, 1.165) is 0 Å². The summed E-state index contributed by atoms with van der Waals surface area (Å²) in [6, 6.07) is 7.03. The molecule has 10 nitrogen and oxygen atoms in total. The normalized spacial score (nSPS) is 12.0. The number of nitrogens with zero attached hydrogens (tertiary/aromatic N) is 1. The summed E-state index contributed by atoms with van der Waals surface area (Å²) in [5.74, 6) is -0.736. The number of rotatable bonds is 10. The number of H-pyrrole nitrogens is 1. The molecule has 0 saturated carbocycles. The molecule has 1 aromatic carbocycles. The van der Waals surface area contributed by atoms with E-state index in [0.29, 0.717) is 12.8 Å². The molecule has 164 valence electrons. The maximum absolute atomic E-state index is 12.8. The van der Waals surface area contributed by atoms with Crippen LogP contribution in [0.15, 0.2) is 51.0 Å². The Morgan fingerprint density at radius 3 is 2.57 bits per heavy atom. The molecule has 11 heteroatoms. The van der Waals surface area contributed by atoms with Gasteiger partial charge >= 0.3 is 11.7 Å². The van der Waals surface area contributed by atoms with Crippen LogP contribution in [0, 0.1) is 0 Å². The lowest BCUT2D eigenvalue weighted by Gasteiger charge is -2.26. The van der Waals surface area contributed by atoms with E-state index in [2.05, 4.69) is 14.4 Å². The standard InChI is InChI=1S/C19H25N3O7S/c1-19(2,10-6-12-29-13-22-11-9-16(23)20-18(22)25)21-30(26,27)15-8-5-4-7-14(15)17(24)28-3/h4-5,7-9,11,21H,6,10,12-13H2,1-3H3,(H,20,23,25). The van der Waals surface area contributed by atoms with Gasteiger partial charge in [-0.3, -0.25) is 14.3 Å². The second kappa shape index (κ2) is 9.83. The minimum atomic E-state index is -3.97. The third kappa shape index (κ3) is 6.37. The van der Waals surface area contributed by atoms with Crippen molar-refractivity contribution in [2.45, 2.75) is 43.9 Å². The van der Waals surface area contributed by atoms with Crippen molar-refractivity contribution in [2.24, 2.45) is 0 Å². The molecule has 0 radical (unpaired) electrons. The molecule has 0 spiro atoms. The van der Waals surface area contributed by atoms with E-state index in [1.54, 1.807) is 19.9 Å². The van der Waals surface area contributed by atoms with Crippen LogP contribution in [-0.2, 0) is 26.2 Å². The number of sulfonamides is 1. The average Bonchev–Trinajstić information content (AvgIpc) is 2.67. The minimum Gasteiger partial charge on any atom is -0.465 e. The number of aromatic nitrogens is 2. The van der Waals surface area contributed by atoms with Crippen molar-refractivity contribution >= 4 is 16.0 Å². The van der Waals surface area contributed by atoms with E-state index in [9.17, 15) is 22.8 Å². The summed E-state index contributed by atoms with van der Waals surface area (Å²) in [7, 11) is -2.79. The lowest BCUT2D eigenvalue weighted by Crippen LogP contribution is -2.43. The quantitative estimate of drug-likeness (QED) is 0.413. The topological polar surface area (TPSA) is 137 Å². The van der Waals surface area contributed by atoms with Crippen LogP contribution < -0.4 is 16.0 Å². The monoisotopic (exact) mass is 439 g/mol. The Morgan fingerprint density at radius 2 is 1.90 bits per heavy atom. The number of carbonyl (C=O) groups is 1. The first kappa shape index (κ1) is 23.5. The van der Waals surface area contributed by atoms with Crippen LogP contribution >= 0.6 is 0 Å². The van der Waals surface area contributed by atoms with Crippen molar-refractivity contribution in [1.82, 2.24) is 14.3 Å². The van der Waals surface area contributed by atoms with E-state index < -0.39 is 32.8 Å². The molecule has 0 aliphatic rings. The number of carbonyl (C=O) groups excluding carboxylic acids is 1. The molecule has 2 aromatic rings. The highest BCUT2D eigenvalue weighted by atomic mass is 32.2. The summed E-state index contributed by atoms with van der Waals surface area (Å²) in [6.45, 7) is 3.68. The minimum absolute atomic E-state index is 0.0335. The highest BCUT2D eigenvalue weighted by Crippen LogP contribution is 2.21. The molecule has 0 atom stereocenters. The number of hydrogen-bond acceptors (Lipinski definition) is 7. The first-order chi connectivity index (χ1) is 14.1. The number of ether oxygens (including phenoxy) is 2. The summed E-state index contributed by atoms with van der Waals surface area (Å²) in [5, 5.41) is 0. The Morgan fingerprint density at radius 1 is 1.20 bits per heavy atom. The van der Waals surface area contributed by atoms with Crippen LogP contribution in [0.1, 0.15) is 37.0 Å². The smallest absolute Gasteiger partial charge is 0.339 e. The first-order valence-corrected chi connectivity index (χ1v) is 10.6. The van der Waals surface area contributed by atoms with E-state index in [1.807, 2.05) is 0 Å². The van der Waals surface area contributed by atoms with Gasteiger partial charge in [0.1, 0.15) is 6.73 Å². The molecule has 0 unspecified atom stereocenters. The van der Waals surface area contributed by atoms with Gasteiger partial charge in [-0.2, -0.15) is 0 Å². The molecular formula is C19H25N3O7S. The van der Waals surface area contributed by atoms with Gasteiger partial charge in [0.25, 0.3) is 5.56 Å². The summed E-state index contributed by atoms with van der Waals surface area (Å²) in [4.78, 5) is 36.4. The fourth-order valence-corrected chi connectivity index (χ4v) is 4.41. The summed E-state index contributed by atoms with van der Waals surface area (Å²) < 4.78 is 39.5. The molecule has 0 amide bonds. The highest BCUT2D eigenvalue weighted by Gasteiger charge is 2.29. The molecule has 2 N–H and O–H groups in total. The number of esters is 1. The molecule has 0 fully saturated rings. The van der Waals surface area contributed by atoms with Crippen molar-refractivity contribution < 1.29 is 22.7 Å². The second-order valence-corrected chi connectivity index (χ2v) is 8.85.